The van der Waals surface area contributed by atoms with E-state index in [2.05, 4.69) is 0 Å². The maximum Gasteiger partial charge on any atom is 0.326 e. The van der Waals surface area contributed by atoms with Crippen LogP contribution in [0, 0.1) is 0 Å². The average Bonchev–Trinajstić information content (AvgIpc) is 2.60. The molecule has 2 N–H and O–H groups in total. The SMILES string of the molecule is O=C(O)C1CCC(=O)N1CCCCCCO. The number of rotatable bonds is 7. The molecule has 0 aromatic carbocycles. The number of hydrogen-bond acceptors (Lipinski definition) is 3. The minimum absolute atomic E-state index is 0.0467. The molecule has 5 nitrogen and oxygen atoms in total. The zero-order valence-electron chi connectivity index (χ0n) is 9.39. The van der Waals surface area contributed by atoms with Crippen molar-refractivity contribution in [1.82, 2.24) is 4.90 Å². The van der Waals surface area contributed by atoms with Gasteiger partial charge in [0.2, 0.25) is 5.91 Å². The summed E-state index contributed by atoms with van der Waals surface area (Å²) in [5, 5.41) is 17.5. The van der Waals surface area contributed by atoms with Crippen molar-refractivity contribution in [3.8, 4) is 0 Å². The second-order valence-electron chi connectivity index (χ2n) is 4.12. The van der Waals surface area contributed by atoms with Crippen LogP contribution in [0.1, 0.15) is 38.5 Å². The Kier molecular flexibility index (Phi) is 5.25. The number of carboxylic acids is 1. The van der Waals surface area contributed by atoms with Crippen LogP contribution < -0.4 is 0 Å². The molecular formula is C11H19NO4. The Morgan fingerprint density at radius 2 is 2.00 bits per heavy atom. The minimum atomic E-state index is -0.902. The number of unbranched alkanes of at least 4 members (excludes halogenated alkanes) is 3. The molecule has 1 amide bonds. The number of aliphatic hydroxyl groups excluding tert-OH is 1. The quantitative estimate of drug-likeness (QED) is 0.627. The fourth-order valence-corrected chi connectivity index (χ4v) is 2.02. The van der Waals surface area contributed by atoms with E-state index in [4.69, 9.17) is 10.2 Å². The topological polar surface area (TPSA) is 77.8 Å². The van der Waals surface area contributed by atoms with Crippen molar-refractivity contribution in [1.29, 1.82) is 0 Å². The van der Waals surface area contributed by atoms with Crippen molar-refractivity contribution in [2.45, 2.75) is 44.6 Å². The largest absolute Gasteiger partial charge is 0.480 e. The number of nitrogens with zero attached hydrogens (tertiary/aromatic N) is 1. The lowest BCUT2D eigenvalue weighted by atomic mass is 10.2. The van der Waals surface area contributed by atoms with Crippen LogP contribution in [0.25, 0.3) is 0 Å². The monoisotopic (exact) mass is 229 g/mol. The third-order valence-corrected chi connectivity index (χ3v) is 2.92. The smallest absolute Gasteiger partial charge is 0.326 e. The van der Waals surface area contributed by atoms with E-state index in [1.165, 1.54) is 4.90 Å². The van der Waals surface area contributed by atoms with Crippen LogP contribution in [0.4, 0.5) is 0 Å². The summed E-state index contributed by atoms with van der Waals surface area (Å²) in [6.07, 6.45) is 4.23. The van der Waals surface area contributed by atoms with Crippen LogP contribution >= 0.6 is 0 Å². The molecule has 5 heteroatoms. The number of likely N-dealkylation sites (tertiary alicyclic amines) is 1. The van der Waals surface area contributed by atoms with Gasteiger partial charge in [-0.3, -0.25) is 4.79 Å². The lowest BCUT2D eigenvalue weighted by Gasteiger charge is -2.21. The molecule has 0 spiro atoms. The molecule has 0 saturated carbocycles. The van der Waals surface area contributed by atoms with Crippen molar-refractivity contribution >= 4 is 11.9 Å². The van der Waals surface area contributed by atoms with Crippen molar-refractivity contribution in [2.75, 3.05) is 13.2 Å². The van der Waals surface area contributed by atoms with E-state index in [1.54, 1.807) is 0 Å². The van der Waals surface area contributed by atoms with Gasteiger partial charge >= 0.3 is 5.97 Å². The van der Waals surface area contributed by atoms with Gasteiger partial charge in [-0.05, 0) is 19.3 Å². The molecule has 0 aliphatic carbocycles. The molecule has 1 saturated heterocycles. The van der Waals surface area contributed by atoms with Crippen LogP contribution in [0.15, 0.2) is 0 Å². The number of carboxylic acid groups (broad SMARTS) is 1. The molecule has 0 aromatic rings. The van der Waals surface area contributed by atoms with Gasteiger partial charge in [-0.25, -0.2) is 4.79 Å². The number of carbonyl (C=O) groups is 2. The molecule has 16 heavy (non-hydrogen) atoms. The molecule has 1 heterocycles. The molecule has 1 atom stereocenters. The summed E-state index contributed by atoms with van der Waals surface area (Å²) < 4.78 is 0. The number of hydrogen-bond donors (Lipinski definition) is 2. The molecular weight excluding hydrogens is 210 g/mol. The fourth-order valence-electron chi connectivity index (χ4n) is 2.02. The molecule has 0 aromatic heterocycles. The Balaban J connectivity index is 2.27. The van der Waals surface area contributed by atoms with Crippen LogP contribution in [0.5, 0.6) is 0 Å². The van der Waals surface area contributed by atoms with Crippen molar-refractivity contribution in [3.05, 3.63) is 0 Å². The van der Waals surface area contributed by atoms with Gasteiger partial charge in [0.05, 0.1) is 0 Å². The highest BCUT2D eigenvalue weighted by Crippen LogP contribution is 2.19. The molecule has 1 unspecified atom stereocenters. The van der Waals surface area contributed by atoms with Gasteiger partial charge in [0.25, 0.3) is 0 Å². The predicted octanol–water partition coefficient (Wildman–Crippen LogP) is 0.615. The van der Waals surface area contributed by atoms with Gasteiger partial charge in [0.1, 0.15) is 6.04 Å². The van der Waals surface area contributed by atoms with Gasteiger partial charge in [0.15, 0.2) is 0 Å². The number of carbonyl (C=O) groups excluding carboxylic acids is 1. The van der Waals surface area contributed by atoms with E-state index in [9.17, 15) is 9.59 Å². The highest BCUT2D eigenvalue weighted by atomic mass is 16.4. The molecule has 0 radical (unpaired) electrons. The summed E-state index contributed by atoms with van der Waals surface area (Å²) >= 11 is 0. The summed E-state index contributed by atoms with van der Waals surface area (Å²) in [4.78, 5) is 23.8. The van der Waals surface area contributed by atoms with Crippen molar-refractivity contribution in [3.63, 3.8) is 0 Å². The van der Waals surface area contributed by atoms with Crippen molar-refractivity contribution in [2.24, 2.45) is 0 Å². The summed E-state index contributed by atoms with van der Waals surface area (Å²) in [5.41, 5.74) is 0. The van der Waals surface area contributed by atoms with E-state index in [1.807, 2.05) is 0 Å². The van der Waals surface area contributed by atoms with Gasteiger partial charge < -0.3 is 15.1 Å². The molecule has 1 fully saturated rings. The summed E-state index contributed by atoms with van der Waals surface area (Å²) in [6, 6.07) is -0.620. The Bertz CT molecular complexity index is 254. The maximum absolute atomic E-state index is 11.4. The van der Waals surface area contributed by atoms with Crippen LogP contribution in [0.2, 0.25) is 0 Å². The molecule has 0 bridgehead atoms. The van der Waals surface area contributed by atoms with Gasteiger partial charge in [-0.15, -0.1) is 0 Å². The lowest BCUT2D eigenvalue weighted by Crippen LogP contribution is -2.39. The van der Waals surface area contributed by atoms with E-state index >= 15 is 0 Å². The summed E-state index contributed by atoms with van der Waals surface area (Å²) in [5.74, 6) is -0.948. The van der Waals surface area contributed by atoms with Crippen LogP contribution in [0.3, 0.4) is 0 Å². The molecule has 1 aliphatic rings. The summed E-state index contributed by atoms with van der Waals surface area (Å²) in [6.45, 7) is 0.724. The Morgan fingerprint density at radius 1 is 1.31 bits per heavy atom. The first kappa shape index (κ1) is 13.0. The zero-order valence-corrected chi connectivity index (χ0v) is 9.39. The number of aliphatic carboxylic acids is 1. The average molecular weight is 229 g/mol. The Morgan fingerprint density at radius 3 is 2.62 bits per heavy atom. The van der Waals surface area contributed by atoms with Gasteiger partial charge in [0, 0.05) is 19.6 Å². The Hall–Kier alpha value is -1.10. The maximum atomic E-state index is 11.4. The minimum Gasteiger partial charge on any atom is -0.480 e. The first-order valence-corrected chi connectivity index (χ1v) is 5.80. The Labute approximate surface area is 95.1 Å². The normalized spacial score (nSPS) is 20.4. The first-order chi connectivity index (χ1) is 7.66. The van der Waals surface area contributed by atoms with Crippen LogP contribution in [-0.2, 0) is 9.59 Å². The number of amides is 1. The lowest BCUT2D eigenvalue weighted by molar-refractivity contribution is -0.146. The zero-order chi connectivity index (χ0) is 12.0. The van der Waals surface area contributed by atoms with E-state index in [0.29, 0.717) is 19.4 Å². The second kappa shape index (κ2) is 6.48. The van der Waals surface area contributed by atoms with E-state index in [-0.39, 0.29) is 12.5 Å². The van der Waals surface area contributed by atoms with Crippen LogP contribution in [-0.4, -0.2) is 46.2 Å². The highest BCUT2D eigenvalue weighted by molar-refractivity contribution is 5.87. The highest BCUT2D eigenvalue weighted by Gasteiger charge is 2.35. The predicted molar refractivity (Wildman–Crippen MR) is 57.9 cm³/mol. The fraction of sp³-hybridized carbons (Fsp3) is 0.818. The standard InChI is InChI=1S/C11H19NO4/c13-8-4-2-1-3-7-12-9(11(15)16)5-6-10(12)14/h9,13H,1-8H2,(H,15,16). The first-order valence-electron chi connectivity index (χ1n) is 5.80. The second-order valence-corrected chi connectivity index (χ2v) is 4.12. The molecule has 1 rings (SSSR count). The molecule has 92 valence electrons. The van der Waals surface area contributed by atoms with E-state index < -0.39 is 12.0 Å². The third kappa shape index (κ3) is 3.48. The molecule has 1 aliphatic heterocycles. The van der Waals surface area contributed by atoms with Crippen molar-refractivity contribution < 1.29 is 19.8 Å². The number of aliphatic hydroxyl groups is 1. The summed E-state index contributed by atoms with van der Waals surface area (Å²) in [7, 11) is 0. The van der Waals surface area contributed by atoms with Gasteiger partial charge in [-0.2, -0.15) is 0 Å². The van der Waals surface area contributed by atoms with Gasteiger partial charge in [-0.1, -0.05) is 12.8 Å². The third-order valence-electron chi connectivity index (χ3n) is 2.92. The van der Waals surface area contributed by atoms with E-state index in [0.717, 1.165) is 25.7 Å².